The van der Waals surface area contributed by atoms with Crippen LogP contribution in [-0.4, -0.2) is 42.4 Å². The molecule has 2 aromatic rings. The van der Waals surface area contributed by atoms with Gasteiger partial charge in [-0.15, -0.1) is 0 Å². The minimum absolute atomic E-state index is 0.0880. The summed E-state index contributed by atoms with van der Waals surface area (Å²) >= 11 is 0. The second-order valence-corrected chi connectivity index (χ2v) is 4.59. The Balaban J connectivity index is 2.25. The largest absolute Gasteiger partial charge is 0.478 e. The summed E-state index contributed by atoms with van der Waals surface area (Å²) in [4.78, 5) is 17.4. The topological polar surface area (TPSA) is 62.7 Å². The molecule has 20 heavy (non-hydrogen) atoms. The van der Waals surface area contributed by atoms with Crippen LogP contribution in [0.2, 0.25) is 0 Å². The summed E-state index contributed by atoms with van der Waals surface area (Å²) in [6.45, 7) is 2.21. The molecule has 1 aromatic heterocycles. The maximum Gasteiger partial charge on any atom is 0.339 e. The Kier molecular flexibility index (Phi) is 3.23. The average Bonchev–Trinajstić information content (AvgIpc) is 2.46. The minimum atomic E-state index is -1.06. The molecule has 5 nitrogen and oxygen atoms in total. The fraction of sp³-hybridized carbons (Fsp3) is 0.286. The molecule has 1 aromatic carbocycles. The van der Waals surface area contributed by atoms with E-state index in [2.05, 4.69) is 4.98 Å². The number of pyridine rings is 1. The van der Waals surface area contributed by atoms with Gasteiger partial charge in [-0.1, -0.05) is 0 Å². The number of carboxylic acid groups (broad SMARTS) is 1. The highest BCUT2D eigenvalue weighted by molar-refractivity contribution is 6.04. The van der Waals surface area contributed by atoms with Crippen molar-refractivity contribution >= 4 is 22.6 Å². The first-order valence-corrected chi connectivity index (χ1v) is 6.31. The molecule has 0 radical (unpaired) electrons. The molecule has 0 amide bonds. The van der Waals surface area contributed by atoms with Crippen molar-refractivity contribution in [1.82, 2.24) is 4.98 Å². The van der Waals surface area contributed by atoms with Crippen molar-refractivity contribution in [1.29, 1.82) is 0 Å². The van der Waals surface area contributed by atoms with Crippen LogP contribution < -0.4 is 4.90 Å². The number of carbonyl (C=O) groups is 1. The molecular weight excluding hydrogens is 263 g/mol. The van der Waals surface area contributed by atoms with Gasteiger partial charge >= 0.3 is 5.97 Å². The summed E-state index contributed by atoms with van der Waals surface area (Å²) < 4.78 is 18.8. The number of carboxylic acids is 1. The van der Waals surface area contributed by atoms with Gasteiger partial charge in [0.2, 0.25) is 0 Å². The van der Waals surface area contributed by atoms with Crippen molar-refractivity contribution in [2.24, 2.45) is 0 Å². The Hall–Kier alpha value is -2.21. The molecule has 1 fully saturated rings. The number of morpholine rings is 1. The number of halogens is 1. The van der Waals surface area contributed by atoms with Crippen LogP contribution in [0.1, 0.15) is 10.4 Å². The van der Waals surface area contributed by atoms with E-state index < -0.39 is 11.8 Å². The third kappa shape index (κ3) is 2.18. The van der Waals surface area contributed by atoms with Crippen LogP contribution in [0.25, 0.3) is 10.9 Å². The minimum Gasteiger partial charge on any atom is -0.478 e. The number of aromatic nitrogens is 1. The lowest BCUT2D eigenvalue weighted by atomic mass is 10.1. The van der Waals surface area contributed by atoms with Crippen LogP contribution in [0.3, 0.4) is 0 Å². The Labute approximate surface area is 114 Å². The zero-order chi connectivity index (χ0) is 14.1. The molecule has 0 unspecified atom stereocenters. The third-order valence-electron chi connectivity index (χ3n) is 3.36. The molecule has 3 rings (SSSR count). The molecule has 0 aliphatic carbocycles. The molecule has 6 heteroatoms. The van der Waals surface area contributed by atoms with E-state index in [0.29, 0.717) is 42.9 Å². The second-order valence-electron chi connectivity index (χ2n) is 4.59. The Morgan fingerprint density at radius 2 is 2.10 bits per heavy atom. The van der Waals surface area contributed by atoms with Crippen molar-refractivity contribution in [3.05, 3.63) is 35.8 Å². The predicted octanol–water partition coefficient (Wildman–Crippen LogP) is 1.91. The summed E-state index contributed by atoms with van der Waals surface area (Å²) in [5, 5.41) is 9.85. The molecule has 0 bridgehead atoms. The van der Waals surface area contributed by atoms with Crippen molar-refractivity contribution in [2.45, 2.75) is 0 Å². The van der Waals surface area contributed by atoms with E-state index in [1.54, 1.807) is 6.07 Å². The fourth-order valence-electron chi connectivity index (χ4n) is 2.43. The number of anilines is 1. The van der Waals surface area contributed by atoms with Crippen LogP contribution in [0, 0.1) is 5.82 Å². The van der Waals surface area contributed by atoms with Crippen LogP contribution in [0.15, 0.2) is 24.4 Å². The van der Waals surface area contributed by atoms with Gasteiger partial charge in [0, 0.05) is 24.7 Å². The van der Waals surface area contributed by atoms with Gasteiger partial charge in [-0.05, 0) is 18.2 Å². The lowest BCUT2D eigenvalue weighted by Gasteiger charge is -2.30. The van der Waals surface area contributed by atoms with Gasteiger partial charge in [-0.25, -0.2) is 9.18 Å². The third-order valence-corrected chi connectivity index (χ3v) is 3.36. The summed E-state index contributed by atoms with van der Waals surface area (Å²) in [6, 6.07) is 4.21. The number of hydrogen-bond donors (Lipinski definition) is 1. The van der Waals surface area contributed by atoms with Crippen LogP contribution >= 0.6 is 0 Å². The number of nitrogens with zero attached hydrogens (tertiary/aromatic N) is 2. The van der Waals surface area contributed by atoms with Gasteiger partial charge in [-0.2, -0.15) is 0 Å². The summed E-state index contributed by atoms with van der Waals surface area (Å²) in [6.07, 6.45) is 1.33. The quantitative estimate of drug-likeness (QED) is 0.907. The Morgan fingerprint density at radius 1 is 1.35 bits per heavy atom. The van der Waals surface area contributed by atoms with Gasteiger partial charge in [0.05, 0.1) is 24.4 Å². The van der Waals surface area contributed by atoms with Gasteiger partial charge in [0.1, 0.15) is 11.4 Å². The van der Waals surface area contributed by atoms with Crippen molar-refractivity contribution in [3.63, 3.8) is 0 Å². The molecule has 1 aliphatic rings. The monoisotopic (exact) mass is 276 g/mol. The number of aromatic carboxylic acids is 1. The van der Waals surface area contributed by atoms with E-state index in [-0.39, 0.29) is 5.56 Å². The van der Waals surface area contributed by atoms with Crippen LogP contribution in [0.5, 0.6) is 0 Å². The SMILES string of the molecule is O=C(O)c1cnc2ccc(F)cc2c1N1CCOCC1. The van der Waals surface area contributed by atoms with Gasteiger partial charge in [-0.3, -0.25) is 4.98 Å². The van der Waals surface area contributed by atoms with Crippen LogP contribution in [0.4, 0.5) is 10.1 Å². The number of hydrogen-bond acceptors (Lipinski definition) is 4. The average molecular weight is 276 g/mol. The van der Waals surface area contributed by atoms with Crippen molar-refractivity contribution < 1.29 is 19.0 Å². The number of rotatable bonds is 2. The van der Waals surface area contributed by atoms with Crippen LogP contribution in [-0.2, 0) is 4.74 Å². The van der Waals surface area contributed by atoms with Gasteiger partial charge in [0.25, 0.3) is 0 Å². The molecule has 0 atom stereocenters. The summed E-state index contributed by atoms with van der Waals surface area (Å²) in [7, 11) is 0. The molecule has 2 heterocycles. The van der Waals surface area contributed by atoms with Crippen molar-refractivity contribution in [2.75, 3.05) is 31.2 Å². The van der Waals surface area contributed by atoms with E-state index in [1.807, 2.05) is 4.90 Å². The second kappa shape index (κ2) is 5.05. The first kappa shape index (κ1) is 12.8. The molecule has 104 valence electrons. The zero-order valence-corrected chi connectivity index (χ0v) is 10.7. The van der Waals surface area contributed by atoms with Crippen molar-refractivity contribution in [3.8, 4) is 0 Å². The highest BCUT2D eigenvalue weighted by atomic mass is 19.1. The molecule has 0 saturated carbocycles. The van der Waals surface area contributed by atoms with E-state index in [0.717, 1.165) is 0 Å². The van der Waals surface area contributed by atoms with E-state index in [4.69, 9.17) is 4.74 Å². The first-order valence-electron chi connectivity index (χ1n) is 6.31. The fourth-order valence-corrected chi connectivity index (χ4v) is 2.43. The number of benzene rings is 1. The maximum atomic E-state index is 13.5. The molecule has 1 aliphatic heterocycles. The molecule has 1 N–H and O–H groups in total. The molecule has 1 saturated heterocycles. The van der Waals surface area contributed by atoms with Gasteiger partial charge in [0.15, 0.2) is 0 Å². The normalized spacial score (nSPS) is 15.6. The highest BCUT2D eigenvalue weighted by Gasteiger charge is 2.22. The number of ether oxygens (including phenoxy) is 1. The van der Waals surface area contributed by atoms with E-state index in [9.17, 15) is 14.3 Å². The smallest absolute Gasteiger partial charge is 0.339 e. The first-order chi connectivity index (χ1) is 9.66. The zero-order valence-electron chi connectivity index (χ0n) is 10.7. The van der Waals surface area contributed by atoms with E-state index >= 15 is 0 Å². The maximum absolute atomic E-state index is 13.5. The lowest BCUT2D eigenvalue weighted by Crippen LogP contribution is -2.37. The number of fused-ring (bicyclic) bond motifs is 1. The highest BCUT2D eigenvalue weighted by Crippen LogP contribution is 2.30. The Morgan fingerprint density at radius 3 is 2.80 bits per heavy atom. The summed E-state index contributed by atoms with van der Waals surface area (Å²) in [5.41, 5.74) is 1.19. The standard InChI is InChI=1S/C14H13FN2O3/c15-9-1-2-12-10(7-9)13(11(8-16-12)14(18)19)17-3-5-20-6-4-17/h1-2,7-8H,3-6H2,(H,18,19). The lowest BCUT2D eigenvalue weighted by molar-refractivity contribution is 0.0696. The Bertz CT molecular complexity index is 669. The molecular formula is C14H13FN2O3. The molecule has 0 spiro atoms. The van der Waals surface area contributed by atoms with Gasteiger partial charge < -0.3 is 14.7 Å². The van der Waals surface area contributed by atoms with E-state index in [1.165, 1.54) is 18.3 Å². The summed E-state index contributed by atoms with van der Waals surface area (Å²) in [5.74, 6) is -1.47. The predicted molar refractivity (Wildman–Crippen MR) is 71.7 cm³/mol.